The lowest BCUT2D eigenvalue weighted by Gasteiger charge is -2.09. The maximum atomic E-state index is 13.1. The maximum absolute atomic E-state index is 13.1. The van der Waals surface area contributed by atoms with Gasteiger partial charge in [-0.2, -0.15) is 0 Å². The number of nitrogens with zero attached hydrogens (tertiary/aromatic N) is 1. The molecule has 1 nitrogen and oxygen atoms in total. The van der Waals surface area contributed by atoms with Crippen LogP contribution in [0.3, 0.4) is 0 Å². The first kappa shape index (κ1) is 15.8. The van der Waals surface area contributed by atoms with Crippen LogP contribution in [-0.2, 0) is 0 Å². The van der Waals surface area contributed by atoms with Crippen molar-refractivity contribution < 1.29 is 22.0 Å². The summed E-state index contributed by atoms with van der Waals surface area (Å²) in [7, 11) is 0. The third-order valence-corrected chi connectivity index (χ3v) is 2.83. The van der Waals surface area contributed by atoms with Crippen LogP contribution in [0.5, 0.6) is 0 Å². The second-order valence-corrected chi connectivity index (χ2v) is 5.46. The molecule has 0 aliphatic rings. The van der Waals surface area contributed by atoms with E-state index in [-0.39, 0.29) is 0 Å². The van der Waals surface area contributed by atoms with Gasteiger partial charge in [-0.15, -0.1) is 0 Å². The van der Waals surface area contributed by atoms with E-state index in [1.807, 2.05) is 0 Å². The fourth-order valence-corrected chi connectivity index (χ4v) is 1.06. The molecule has 0 fully saturated rings. The number of alkyl halides is 3. The van der Waals surface area contributed by atoms with Crippen molar-refractivity contribution in [3.63, 3.8) is 0 Å². The summed E-state index contributed by atoms with van der Waals surface area (Å²) >= 11 is 20.9. The van der Waals surface area contributed by atoms with Gasteiger partial charge in [0.1, 0.15) is 5.69 Å². The van der Waals surface area contributed by atoms with E-state index in [2.05, 4.69) is 4.99 Å². The summed E-state index contributed by atoms with van der Waals surface area (Å²) in [6.45, 7) is 0. The zero-order chi connectivity index (χ0) is 14.2. The number of aliphatic imine (C=N–C) groups is 1. The summed E-state index contributed by atoms with van der Waals surface area (Å²) in [6.07, 6.45) is 0. The molecule has 18 heavy (non-hydrogen) atoms. The molecule has 1 rings (SSSR count). The van der Waals surface area contributed by atoms with Crippen molar-refractivity contribution in [3.8, 4) is 0 Å². The molecule has 0 saturated heterocycles. The molecule has 10 heteroatoms. The monoisotopic (exact) mass is 345 g/mol. The summed E-state index contributed by atoms with van der Waals surface area (Å²) in [5, 5.41) is -0.976. The summed E-state index contributed by atoms with van der Waals surface area (Å²) in [6, 6.07) is 0. The average Bonchev–Trinajstić information content (AvgIpc) is 2.28. The minimum Gasteiger partial charge on any atom is -0.230 e. The molecular weight excluding hydrogens is 347 g/mol. The Labute approximate surface area is 117 Å². The number of rotatable bonds is 1. The molecule has 0 amide bonds. The Kier molecular flexibility index (Phi) is 4.70. The van der Waals surface area contributed by atoms with Crippen molar-refractivity contribution in [2.24, 2.45) is 4.99 Å². The van der Waals surface area contributed by atoms with Crippen molar-refractivity contribution in [1.29, 1.82) is 0 Å². The minimum absolute atomic E-state index is 0.976. The maximum Gasteiger partial charge on any atom is 0.243 e. The summed E-state index contributed by atoms with van der Waals surface area (Å²) in [4.78, 5) is 2.88. The lowest BCUT2D eigenvalue weighted by molar-refractivity contribution is 0.381. The first-order chi connectivity index (χ1) is 8.07. The number of halogens is 9. The van der Waals surface area contributed by atoms with Crippen molar-refractivity contribution >= 4 is 57.3 Å². The smallest absolute Gasteiger partial charge is 0.230 e. The second-order valence-electron chi connectivity index (χ2n) is 2.82. The molecule has 0 bridgehead atoms. The molecule has 0 saturated carbocycles. The first-order valence-electron chi connectivity index (χ1n) is 3.90. The van der Waals surface area contributed by atoms with Gasteiger partial charge in [0.15, 0.2) is 28.4 Å². The molecule has 0 spiro atoms. The van der Waals surface area contributed by atoms with Gasteiger partial charge in [-0.05, 0) is 0 Å². The standard InChI is InChI=1S/C8Cl4F5N/c9-7(8(10,11)12)18-6-4(16)2(14)1(13)3(15)5(6)17. The molecule has 0 aromatic heterocycles. The van der Waals surface area contributed by atoms with Gasteiger partial charge in [0.2, 0.25) is 9.61 Å². The Balaban J connectivity index is 3.53. The van der Waals surface area contributed by atoms with Crippen molar-refractivity contribution in [3.05, 3.63) is 29.1 Å². The SMILES string of the molecule is Fc1c(F)c(F)c(N=C(Cl)C(Cl)(Cl)Cl)c(F)c1F. The number of hydrogen-bond donors (Lipinski definition) is 0. The van der Waals surface area contributed by atoms with Crippen LogP contribution >= 0.6 is 46.4 Å². The molecular formula is C8Cl4F5N. The summed E-state index contributed by atoms with van der Waals surface area (Å²) < 4.78 is 62.1. The Morgan fingerprint density at radius 2 is 1.11 bits per heavy atom. The van der Waals surface area contributed by atoms with Gasteiger partial charge in [-0.25, -0.2) is 26.9 Å². The van der Waals surface area contributed by atoms with Crippen LogP contribution in [0, 0.1) is 29.1 Å². The number of benzene rings is 1. The van der Waals surface area contributed by atoms with Crippen molar-refractivity contribution in [2.75, 3.05) is 0 Å². The van der Waals surface area contributed by atoms with E-state index >= 15 is 0 Å². The largest absolute Gasteiger partial charge is 0.243 e. The molecule has 1 aromatic carbocycles. The highest BCUT2D eigenvalue weighted by Crippen LogP contribution is 2.35. The summed E-state index contributed by atoms with van der Waals surface area (Å²) in [5.41, 5.74) is -1.54. The van der Waals surface area contributed by atoms with Crippen LogP contribution in [0.1, 0.15) is 0 Å². The van der Waals surface area contributed by atoms with Gasteiger partial charge in [0, 0.05) is 0 Å². The molecule has 0 heterocycles. The molecule has 0 aliphatic heterocycles. The van der Waals surface area contributed by atoms with E-state index < -0.39 is 43.7 Å². The third-order valence-electron chi connectivity index (χ3n) is 1.63. The molecule has 0 aliphatic carbocycles. The summed E-state index contributed by atoms with van der Waals surface area (Å²) in [5.74, 6) is -11.0. The molecule has 0 radical (unpaired) electrons. The van der Waals surface area contributed by atoms with E-state index in [0.29, 0.717) is 0 Å². The van der Waals surface area contributed by atoms with Gasteiger partial charge in [0.05, 0.1) is 0 Å². The topological polar surface area (TPSA) is 12.4 Å². The molecule has 100 valence electrons. The van der Waals surface area contributed by atoms with Crippen LogP contribution in [0.4, 0.5) is 27.6 Å². The lowest BCUT2D eigenvalue weighted by atomic mass is 10.2. The number of hydrogen-bond acceptors (Lipinski definition) is 1. The van der Waals surface area contributed by atoms with Gasteiger partial charge in [-0.3, -0.25) is 0 Å². The highest BCUT2D eigenvalue weighted by molar-refractivity contribution is 6.89. The van der Waals surface area contributed by atoms with Crippen LogP contribution in [0.25, 0.3) is 0 Å². The van der Waals surface area contributed by atoms with E-state index in [1.54, 1.807) is 0 Å². The third kappa shape index (κ3) is 2.99. The Bertz CT molecular complexity index is 496. The predicted molar refractivity (Wildman–Crippen MR) is 59.5 cm³/mol. The van der Waals surface area contributed by atoms with Gasteiger partial charge in [-0.1, -0.05) is 46.4 Å². The highest BCUT2D eigenvalue weighted by atomic mass is 35.6. The zero-order valence-electron chi connectivity index (χ0n) is 7.85. The molecule has 0 unspecified atom stereocenters. The van der Waals surface area contributed by atoms with Crippen LogP contribution in [0.15, 0.2) is 4.99 Å². The van der Waals surface area contributed by atoms with Gasteiger partial charge in [0.25, 0.3) is 0 Å². The second kappa shape index (κ2) is 5.36. The zero-order valence-corrected chi connectivity index (χ0v) is 10.9. The van der Waals surface area contributed by atoms with Crippen molar-refractivity contribution in [1.82, 2.24) is 0 Å². The molecule has 0 N–H and O–H groups in total. The Morgan fingerprint density at radius 3 is 1.44 bits per heavy atom. The fraction of sp³-hybridized carbons (Fsp3) is 0.125. The Morgan fingerprint density at radius 1 is 0.778 bits per heavy atom. The fourth-order valence-electron chi connectivity index (χ4n) is 0.853. The molecule has 0 atom stereocenters. The van der Waals surface area contributed by atoms with Crippen LogP contribution < -0.4 is 0 Å². The van der Waals surface area contributed by atoms with E-state index in [1.165, 1.54) is 0 Å². The van der Waals surface area contributed by atoms with E-state index in [0.717, 1.165) is 0 Å². The average molecular weight is 347 g/mol. The minimum atomic E-state index is -2.36. The van der Waals surface area contributed by atoms with Crippen molar-refractivity contribution in [2.45, 2.75) is 3.79 Å². The Hall–Kier alpha value is -0.300. The molecule has 1 aromatic rings. The quantitative estimate of drug-likeness (QED) is 0.222. The van der Waals surface area contributed by atoms with Crippen LogP contribution in [-0.4, -0.2) is 8.96 Å². The lowest BCUT2D eigenvalue weighted by Crippen LogP contribution is -2.12. The van der Waals surface area contributed by atoms with Gasteiger partial charge < -0.3 is 0 Å². The van der Waals surface area contributed by atoms with E-state index in [9.17, 15) is 22.0 Å². The first-order valence-corrected chi connectivity index (χ1v) is 5.41. The predicted octanol–water partition coefficient (Wildman–Crippen LogP) is 5.02. The van der Waals surface area contributed by atoms with Crippen LogP contribution in [0.2, 0.25) is 0 Å². The van der Waals surface area contributed by atoms with E-state index in [4.69, 9.17) is 46.4 Å². The van der Waals surface area contributed by atoms with Gasteiger partial charge >= 0.3 is 0 Å². The normalized spacial score (nSPS) is 13.1. The highest BCUT2D eigenvalue weighted by Gasteiger charge is 2.30.